The van der Waals surface area contributed by atoms with Gasteiger partial charge in [0.25, 0.3) is 0 Å². The molecule has 0 amide bonds. The van der Waals surface area contributed by atoms with Crippen molar-refractivity contribution in [3.8, 4) is 11.5 Å². The van der Waals surface area contributed by atoms with Crippen LogP contribution in [-0.2, 0) is 13.0 Å². The molecule has 6 heteroatoms. The number of rotatable bonds is 8. The van der Waals surface area contributed by atoms with E-state index in [2.05, 4.69) is 4.90 Å². The highest BCUT2D eigenvalue weighted by Gasteiger charge is 2.36. The molecule has 0 saturated carbocycles. The zero-order valence-electron chi connectivity index (χ0n) is 17.1. The summed E-state index contributed by atoms with van der Waals surface area (Å²) < 4.78 is 38.4. The van der Waals surface area contributed by atoms with E-state index in [1.165, 1.54) is 12.1 Å². The van der Waals surface area contributed by atoms with Gasteiger partial charge in [-0.15, -0.1) is 0 Å². The van der Waals surface area contributed by atoms with Crippen molar-refractivity contribution in [1.82, 2.24) is 4.90 Å². The fourth-order valence-corrected chi connectivity index (χ4v) is 4.19. The van der Waals surface area contributed by atoms with E-state index in [0.29, 0.717) is 43.2 Å². The van der Waals surface area contributed by atoms with Crippen molar-refractivity contribution < 1.29 is 23.4 Å². The van der Waals surface area contributed by atoms with Crippen LogP contribution in [0.4, 0.5) is 8.78 Å². The van der Waals surface area contributed by atoms with Crippen molar-refractivity contribution >= 4 is 0 Å². The molecule has 0 spiro atoms. The first-order valence-corrected chi connectivity index (χ1v) is 10.1. The molecule has 1 aliphatic heterocycles. The summed E-state index contributed by atoms with van der Waals surface area (Å²) in [5.74, 6) is 0.280. The van der Waals surface area contributed by atoms with E-state index in [1.807, 2.05) is 25.1 Å². The lowest BCUT2D eigenvalue weighted by Crippen LogP contribution is -2.46. The summed E-state index contributed by atoms with van der Waals surface area (Å²) in [7, 11) is 1.62. The Morgan fingerprint density at radius 2 is 1.97 bits per heavy atom. The molecule has 1 aliphatic rings. The maximum atomic E-state index is 14.2. The number of halogens is 2. The van der Waals surface area contributed by atoms with E-state index in [1.54, 1.807) is 7.11 Å². The Bertz CT molecular complexity index is 830. The average molecular weight is 405 g/mol. The molecule has 2 aromatic carbocycles. The third-order valence-corrected chi connectivity index (χ3v) is 5.59. The molecule has 158 valence electrons. The molecule has 1 saturated heterocycles. The summed E-state index contributed by atoms with van der Waals surface area (Å²) in [6.45, 7) is 4.71. The van der Waals surface area contributed by atoms with Crippen LogP contribution in [0.1, 0.15) is 30.9 Å². The second-order valence-corrected chi connectivity index (χ2v) is 7.80. The van der Waals surface area contributed by atoms with Crippen LogP contribution in [-0.4, -0.2) is 43.4 Å². The van der Waals surface area contributed by atoms with Gasteiger partial charge in [0.15, 0.2) is 11.5 Å². The molecule has 4 nitrogen and oxygen atoms in total. The number of ether oxygens (including phenoxy) is 2. The number of piperidine rings is 1. The summed E-state index contributed by atoms with van der Waals surface area (Å²) in [5.41, 5.74) is 1.10. The van der Waals surface area contributed by atoms with Crippen LogP contribution < -0.4 is 9.47 Å². The van der Waals surface area contributed by atoms with Crippen LogP contribution in [0.3, 0.4) is 0 Å². The summed E-state index contributed by atoms with van der Waals surface area (Å²) in [6, 6.07) is 9.56. The lowest BCUT2D eigenvalue weighted by Gasteiger charge is -2.42. The SMILES string of the molecule is CCOc1cc(CN2CCC[C@@](CO)(Cc3ccc(F)cc3F)C2)ccc1OC. The highest BCUT2D eigenvalue weighted by molar-refractivity contribution is 5.43. The highest BCUT2D eigenvalue weighted by Crippen LogP contribution is 2.35. The number of benzene rings is 2. The third-order valence-electron chi connectivity index (χ3n) is 5.59. The molecule has 2 aromatic rings. The normalized spacial score (nSPS) is 19.9. The minimum Gasteiger partial charge on any atom is -0.493 e. The fourth-order valence-electron chi connectivity index (χ4n) is 4.19. The molecule has 1 heterocycles. The molecule has 29 heavy (non-hydrogen) atoms. The van der Waals surface area contributed by atoms with Crippen molar-refractivity contribution in [2.75, 3.05) is 33.4 Å². The van der Waals surface area contributed by atoms with E-state index in [0.717, 1.165) is 31.0 Å². The Morgan fingerprint density at radius 1 is 1.14 bits per heavy atom. The fraction of sp³-hybridized carbons (Fsp3) is 0.478. The lowest BCUT2D eigenvalue weighted by molar-refractivity contribution is 0.0282. The molecule has 0 unspecified atom stereocenters. The number of aliphatic hydroxyl groups is 1. The van der Waals surface area contributed by atoms with E-state index >= 15 is 0 Å². The number of methoxy groups -OCH3 is 1. The van der Waals surface area contributed by atoms with Gasteiger partial charge in [0.05, 0.1) is 20.3 Å². The highest BCUT2D eigenvalue weighted by atomic mass is 19.1. The van der Waals surface area contributed by atoms with E-state index in [9.17, 15) is 13.9 Å². The van der Waals surface area contributed by atoms with E-state index in [4.69, 9.17) is 9.47 Å². The largest absolute Gasteiger partial charge is 0.493 e. The van der Waals surface area contributed by atoms with Gasteiger partial charge in [0.1, 0.15) is 11.6 Å². The average Bonchev–Trinajstić information content (AvgIpc) is 2.71. The van der Waals surface area contributed by atoms with Crippen molar-refractivity contribution in [1.29, 1.82) is 0 Å². The minimum atomic E-state index is -0.584. The predicted octanol–water partition coefficient (Wildman–Crippen LogP) is 4.19. The molecular weight excluding hydrogens is 376 g/mol. The number of hydrogen-bond acceptors (Lipinski definition) is 4. The Morgan fingerprint density at radius 3 is 2.66 bits per heavy atom. The summed E-state index contributed by atoms with van der Waals surface area (Å²) in [5, 5.41) is 10.2. The Hall–Kier alpha value is -2.18. The van der Waals surface area contributed by atoms with Crippen molar-refractivity contribution in [2.45, 2.75) is 32.7 Å². The molecule has 0 radical (unpaired) electrons. The Labute approximate surface area is 171 Å². The standard InChI is InChI=1S/C23H29F2NO3/c1-3-29-22-11-17(5-8-21(22)28-2)14-26-10-4-9-23(15-26,16-27)13-18-6-7-19(24)12-20(18)25/h5-8,11-12,27H,3-4,9-10,13-16H2,1-2H3/t23-/m1/s1. The van der Waals surface area contributed by atoms with Crippen molar-refractivity contribution in [3.63, 3.8) is 0 Å². The first-order chi connectivity index (χ1) is 14.0. The second kappa shape index (κ2) is 9.55. The number of aliphatic hydroxyl groups excluding tert-OH is 1. The number of hydrogen-bond donors (Lipinski definition) is 1. The Balaban J connectivity index is 1.74. The molecule has 0 aliphatic carbocycles. The summed E-state index contributed by atoms with van der Waals surface area (Å²) >= 11 is 0. The van der Waals surface area contributed by atoms with Gasteiger partial charge in [-0.25, -0.2) is 8.78 Å². The topological polar surface area (TPSA) is 41.9 Å². The number of nitrogens with zero attached hydrogens (tertiary/aromatic N) is 1. The first-order valence-electron chi connectivity index (χ1n) is 10.1. The monoisotopic (exact) mass is 405 g/mol. The summed E-state index contributed by atoms with van der Waals surface area (Å²) in [6.07, 6.45) is 2.11. The maximum absolute atomic E-state index is 14.2. The van der Waals surface area contributed by atoms with Gasteiger partial charge in [-0.05, 0) is 62.1 Å². The molecule has 3 rings (SSSR count). The molecule has 1 N–H and O–H groups in total. The molecule has 1 atom stereocenters. The van der Waals surface area contributed by atoms with Gasteiger partial charge in [-0.1, -0.05) is 12.1 Å². The lowest BCUT2D eigenvalue weighted by atomic mass is 9.75. The molecule has 0 aromatic heterocycles. The van der Waals surface area contributed by atoms with Gasteiger partial charge < -0.3 is 14.6 Å². The summed E-state index contributed by atoms with van der Waals surface area (Å²) in [4.78, 5) is 2.28. The first kappa shape index (κ1) is 21.5. The van der Waals surface area contributed by atoms with Crippen LogP contribution in [0, 0.1) is 17.0 Å². The second-order valence-electron chi connectivity index (χ2n) is 7.80. The van der Waals surface area contributed by atoms with Crippen LogP contribution >= 0.6 is 0 Å². The van der Waals surface area contributed by atoms with Crippen molar-refractivity contribution in [3.05, 3.63) is 59.2 Å². The molecular formula is C23H29F2NO3. The molecule has 0 bridgehead atoms. The van der Waals surface area contributed by atoms with Gasteiger partial charge >= 0.3 is 0 Å². The number of likely N-dealkylation sites (tertiary alicyclic amines) is 1. The van der Waals surface area contributed by atoms with E-state index in [-0.39, 0.29) is 6.61 Å². The zero-order valence-corrected chi connectivity index (χ0v) is 17.1. The van der Waals surface area contributed by atoms with Crippen LogP contribution in [0.2, 0.25) is 0 Å². The van der Waals surface area contributed by atoms with Gasteiger partial charge in [-0.3, -0.25) is 4.90 Å². The third kappa shape index (κ3) is 5.25. The maximum Gasteiger partial charge on any atom is 0.161 e. The zero-order chi connectivity index (χ0) is 20.9. The van der Waals surface area contributed by atoms with Crippen molar-refractivity contribution in [2.24, 2.45) is 5.41 Å². The Kier molecular flexibility index (Phi) is 7.09. The van der Waals surface area contributed by atoms with Crippen LogP contribution in [0.15, 0.2) is 36.4 Å². The van der Waals surface area contributed by atoms with Crippen LogP contribution in [0.5, 0.6) is 11.5 Å². The minimum absolute atomic E-state index is 0.0346. The van der Waals surface area contributed by atoms with Crippen LogP contribution in [0.25, 0.3) is 0 Å². The quantitative estimate of drug-likeness (QED) is 0.715. The smallest absolute Gasteiger partial charge is 0.161 e. The van der Waals surface area contributed by atoms with Gasteiger partial charge in [0.2, 0.25) is 0 Å². The predicted molar refractivity (Wildman–Crippen MR) is 108 cm³/mol. The van der Waals surface area contributed by atoms with Gasteiger partial charge in [0, 0.05) is 24.6 Å². The van der Waals surface area contributed by atoms with E-state index < -0.39 is 17.0 Å². The molecule has 1 fully saturated rings. The van der Waals surface area contributed by atoms with Gasteiger partial charge in [-0.2, -0.15) is 0 Å².